The van der Waals surface area contributed by atoms with Crippen molar-refractivity contribution in [2.24, 2.45) is 11.8 Å². The van der Waals surface area contributed by atoms with Gasteiger partial charge < -0.3 is 9.84 Å². The van der Waals surface area contributed by atoms with Crippen LogP contribution in [0.4, 0.5) is 0 Å². The number of hydrogen-bond donors (Lipinski definition) is 1. The predicted molar refractivity (Wildman–Crippen MR) is 60.7 cm³/mol. The molecule has 2 nitrogen and oxygen atoms in total. The first-order valence-electron chi connectivity index (χ1n) is 6.58. The third-order valence-corrected chi connectivity index (χ3v) is 4.16. The molecular weight excluding hydrogens is 188 g/mol. The van der Waals surface area contributed by atoms with E-state index in [1.807, 2.05) is 0 Å². The Morgan fingerprint density at radius 3 is 2.27 bits per heavy atom. The number of hydrogen-bond acceptors (Lipinski definition) is 2. The summed E-state index contributed by atoms with van der Waals surface area (Å²) in [6, 6.07) is 0. The first kappa shape index (κ1) is 11.4. The van der Waals surface area contributed by atoms with Crippen LogP contribution in [0, 0.1) is 11.8 Å². The molecule has 0 amide bonds. The molecule has 0 radical (unpaired) electrons. The molecule has 1 saturated heterocycles. The Morgan fingerprint density at radius 1 is 1.07 bits per heavy atom. The van der Waals surface area contributed by atoms with E-state index in [0.717, 1.165) is 13.0 Å². The lowest BCUT2D eigenvalue weighted by atomic mass is 9.86. The van der Waals surface area contributed by atoms with E-state index in [1.165, 1.54) is 38.5 Å². The summed E-state index contributed by atoms with van der Waals surface area (Å²) in [5, 5.41) is 10.3. The van der Waals surface area contributed by atoms with Gasteiger partial charge in [-0.3, -0.25) is 0 Å². The molecule has 1 saturated carbocycles. The van der Waals surface area contributed by atoms with Crippen molar-refractivity contribution in [2.75, 3.05) is 6.61 Å². The van der Waals surface area contributed by atoms with Crippen molar-refractivity contribution in [1.82, 2.24) is 0 Å². The van der Waals surface area contributed by atoms with Crippen LogP contribution < -0.4 is 0 Å². The maximum absolute atomic E-state index is 10.3. The molecule has 2 heteroatoms. The van der Waals surface area contributed by atoms with Crippen LogP contribution in [0.25, 0.3) is 0 Å². The Labute approximate surface area is 93.0 Å². The largest absolute Gasteiger partial charge is 0.390 e. The van der Waals surface area contributed by atoms with Crippen molar-refractivity contribution >= 4 is 0 Å². The molecule has 15 heavy (non-hydrogen) atoms. The quantitative estimate of drug-likeness (QED) is 0.713. The number of aliphatic hydroxyl groups is 1. The van der Waals surface area contributed by atoms with Crippen LogP contribution in [0.1, 0.15) is 51.9 Å². The lowest BCUT2D eigenvalue weighted by molar-refractivity contribution is -0.0486. The highest BCUT2D eigenvalue weighted by atomic mass is 16.5. The van der Waals surface area contributed by atoms with Gasteiger partial charge in [-0.2, -0.15) is 0 Å². The molecule has 1 aliphatic carbocycles. The van der Waals surface area contributed by atoms with E-state index in [2.05, 4.69) is 6.92 Å². The lowest BCUT2D eigenvalue weighted by Gasteiger charge is -2.28. The number of rotatable bonds is 2. The summed E-state index contributed by atoms with van der Waals surface area (Å²) in [5.74, 6) is 1.04. The summed E-state index contributed by atoms with van der Waals surface area (Å²) in [5.41, 5.74) is 0. The molecule has 88 valence electrons. The second kappa shape index (κ2) is 5.31. The fraction of sp³-hybridized carbons (Fsp3) is 1.00. The Morgan fingerprint density at radius 2 is 1.73 bits per heavy atom. The van der Waals surface area contributed by atoms with Crippen LogP contribution in [0.3, 0.4) is 0 Å². The van der Waals surface area contributed by atoms with E-state index >= 15 is 0 Å². The standard InChI is InChI=1S/C13H24O2/c1-10-8-9-15-13(10)12(14)11-6-4-2-3-5-7-11/h10-14H,2-9H2,1H3. The second-order valence-corrected chi connectivity index (χ2v) is 5.34. The summed E-state index contributed by atoms with van der Waals surface area (Å²) in [7, 11) is 0. The van der Waals surface area contributed by atoms with Crippen molar-refractivity contribution in [1.29, 1.82) is 0 Å². The average molecular weight is 212 g/mol. The van der Waals surface area contributed by atoms with E-state index in [4.69, 9.17) is 4.74 Å². The lowest BCUT2D eigenvalue weighted by Crippen LogP contribution is -2.36. The molecule has 3 atom stereocenters. The van der Waals surface area contributed by atoms with Crippen molar-refractivity contribution in [2.45, 2.75) is 64.1 Å². The molecule has 1 aliphatic heterocycles. The first-order chi connectivity index (χ1) is 7.29. The van der Waals surface area contributed by atoms with Gasteiger partial charge in [-0.1, -0.05) is 32.6 Å². The minimum Gasteiger partial charge on any atom is -0.390 e. The van der Waals surface area contributed by atoms with Gasteiger partial charge in [0.1, 0.15) is 0 Å². The Kier molecular flexibility index (Phi) is 4.04. The van der Waals surface area contributed by atoms with Crippen molar-refractivity contribution < 1.29 is 9.84 Å². The molecule has 1 heterocycles. The summed E-state index contributed by atoms with van der Waals surface area (Å²) in [6.07, 6.45) is 8.73. The number of ether oxygens (including phenoxy) is 1. The summed E-state index contributed by atoms with van der Waals surface area (Å²) in [6.45, 7) is 3.05. The maximum atomic E-state index is 10.3. The van der Waals surface area contributed by atoms with E-state index in [1.54, 1.807) is 0 Å². The zero-order chi connectivity index (χ0) is 10.7. The van der Waals surface area contributed by atoms with Gasteiger partial charge in [0.25, 0.3) is 0 Å². The highest BCUT2D eigenvalue weighted by molar-refractivity contribution is 4.85. The van der Waals surface area contributed by atoms with Crippen molar-refractivity contribution in [3.8, 4) is 0 Å². The summed E-state index contributed by atoms with van der Waals surface area (Å²) in [4.78, 5) is 0. The van der Waals surface area contributed by atoms with E-state index in [0.29, 0.717) is 11.8 Å². The third kappa shape index (κ3) is 2.73. The first-order valence-corrected chi connectivity index (χ1v) is 6.58. The van der Waals surface area contributed by atoms with Gasteiger partial charge in [0.2, 0.25) is 0 Å². The number of aliphatic hydroxyl groups excluding tert-OH is 1. The van der Waals surface area contributed by atoms with Gasteiger partial charge in [-0.15, -0.1) is 0 Å². The van der Waals surface area contributed by atoms with Crippen LogP contribution in [0.5, 0.6) is 0 Å². The molecule has 2 aliphatic rings. The van der Waals surface area contributed by atoms with E-state index < -0.39 is 0 Å². The minimum atomic E-state index is -0.208. The van der Waals surface area contributed by atoms with Crippen LogP contribution >= 0.6 is 0 Å². The topological polar surface area (TPSA) is 29.5 Å². The predicted octanol–water partition coefficient (Wildman–Crippen LogP) is 2.74. The van der Waals surface area contributed by atoms with Gasteiger partial charge in [0.05, 0.1) is 12.2 Å². The normalized spacial score (nSPS) is 36.4. The van der Waals surface area contributed by atoms with Gasteiger partial charge in [0, 0.05) is 6.61 Å². The highest BCUT2D eigenvalue weighted by Crippen LogP contribution is 2.32. The average Bonchev–Trinajstić information content (AvgIpc) is 2.53. The smallest absolute Gasteiger partial charge is 0.0862 e. The van der Waals surface area contributed by atoms with Gasteiger partial charge in [0.15, 0.2) is 0 Å². The van der Waals surface area contributed by atoms with Crippen LogP contribution in [-0.2, 0) is 4.74 Å². The molecule has 0 aromatic heterocycles. The maximum Gasteiger partial charge on any atom is 0.0862 e. The zero-order valence-corrected chi connectivity index (χ0v) is 9.82. The Bertz CT molecular complexity index is 185. The molecule has 0 spiro atoms. The van der Waals surface area contributed by atoms with Crippen molar-refractivity contribution in [3.05, 3.63) is 0 Å². The molecule has 1 N–H and O–H groups in total. The van der Waals surface area contributed by atoms with Gasteiger partial charge in [-0.25, -0.2) is 0 Å². The van der Waals surface area contributed by atoms with E-state index in [-0.39, 0.29) is 12.2 Å². The molecule has 2 fully saturated rings. The molecular formula is C13H24O2. The van der Waals surface area contributed by atoms with Gasteiger partial charge in [-0.05, 0) is 31.1 Å². The molecule has 2 rings (SSSR count). The highest BCUT2D eigenvalue weighted by Gasteiger charge is 2.35. The fourth-order valence-electron chi connectivity index (χ4n) is 3.07. The Hall–Kier alpha value is -0.0800. The molecule has 0 bridgehead atoms. The fourth-order valence-corrected chi connectivity index (χ4v) is 3.07. The third-order valence-electron chi connectivity index (χ3n) is 4.16. The molecule has 0 aromatic carbocycles. The summed E-state index contributed by atoms with van der Waals surface area (Å²) < 4.78 is 5.67. The van der Waals surface area contributed by atoms with Crippen LogP contribution in [0.15, 0.2) is 0 Å². The zero-order valence-electron chi connectivity index (χ0n) is 9.82. The van der Waals surface area contributed by atoms with Crippen LogP contribution in [-0.4, -0.2) is 23.9 Å². The van der Waals surface area contributed by atoms with E-state index in [9.17, 15) is 5.11 Å². The molecule has 3 unspecified atom stereocenters. The van der Waals surface area contributed by atoms with Gasteiger partial charge >= 0.3 is 0 Å². The van der Waals surface area contributed by atoms with Crippen LogP contribution in [0.2, 0.25) is 0 Å². The minimum absolute atomic E-state index is 0.119. The SMILES string of the molecule is CC1CCOC1C(O)C1CCCCCC1. The Balaban J connectivity index is 1.90. The summed E-state index contributed by atoms with van der Waals surface area (Å²) >= 11 is 0. The molecule has 0 aromatic rings. The second-order valence-electron chi connectivity index (χ2n) is 5.34. The monoisotopic (exact) mass is 212 g/mol. The van der Waals surface area contributed by atoms with Crippen molar-refractivity contribution in [3.63, 3.8) is 0 Å².